The van der Waals surface area contributed by atoms with Gasteiger partial charge in [-0.15, -0.1) is 11.3 Å². The summed E-state index contributed by atoms with van der Waals surface area (Å²) in [5, 5.41) is 1.86. The monoisotopic (exact) mass is 275 g/mol. The lowest BCUT2D eigenvalue weighted by Crippen LogP contribution is -2.42. The van der Waals surface area contributed by atoms with E-state index in [0.717, 1.165) is 23.5 Å². The van der Waals surface area contributed by atoms with Crippen molar-refractivity contribution in [2.24, 2.45) is 0 Å². The number of nitrogens with one attached hydrogen (secondary N) is 1. The lowest BCUT2D eigenvalue weighted by Gasteiger charge is -2.18. The highest BCUT2D eigenvalue weighted by molar-refractivity contribution is 7.13. The summed E-state index contributed by atoms with van der Waals surface area (Å²) in [6.45, 7) is 5.55. The van der Waals surface area contributed by atoms with E-state index >= 15 is 0 Å². The fourth-order valence-electron chi connectivity index (χ4n) is 1.78. The van der Waals surface area contributed by atoms with Crippen LogP contribution in [-0.2, 0) is 0 Å². The van der Waals surface area contributed by atoms with Gasteiger partial charge in [0.2, 0.25) is 0 Å². The summed E-state index contributed by atoms with van der Waals surface area (Å²) in [6, 6.07) is 9.85. The Bertz CT molecular complexity index is 535. The molecule has 0 unspecified atom stereocenters. The molecule has 1 N–H and O–H groups in total. The van der Waals surface area contributed by atoms with Crippen molar-refractivity contribution < 1.29 is 4.79 Å². The van der Waals surface area contributed by atoms with Gasteiger partial charge in [-0.1, -0.05) is 44.2 Å². The molecule has 0 aliphatic carbocycles. The van der Waals surface area contributed by atoms with Gasteiger partial charge in [0, 0.05) is 13.1 Å². The molecule has 0 radical (unpaired) electrons. The van der Waals surface area contributed by atoms with Gasteiger partial charge in [-0.3, -0.25) is 10.2 Å². The van der Waals surface area contributed by atoms with E-state index in [1.54, 1.807) is 5.51 Å². The van der Waals surface area contributed by atoms with E-state index in [2.05, 4.69) is 10.4 Å². The highest BCUT2D eigenvalue weighted by Gasteiger charge is 2.17. The third kappa shape index (κ3) is 3.19. The molecule has 1 heterocycles. The van der Waals surface area contributed by atoms with Crippen molar-refractivity contribution in [3.05, 3.63) is 41.5 Å². The zero-order chi connectivity index (χ0) is 13.7. The first-order valence-electron chi connectivity index (χ1n) is 6.31. The summed E-state index contributed by atoms with van der Waals surface area (Å²) in [4.78, 5) is 17.3. The Morgan fingerprint density at radius 2 is 1.95 bits per heavy atom. The Balaban J connectivity index is 2.23. The Morgan fingerprint density at radius 3 is 2.58 bits per heavy atom. The first kappa shape index (κ1) is 13.7. The van der Waals surface area contributed by atoms with Crippen LogP contribution in [0.15, 0.2) is 35.8 Å². The van der Waals surface area contributed by atoms with Crippen LogP contribution in [0, 0.1) is 0 Å². The molecule has 0 aliphatic rings. The van der Waals surface area contributed by atoms with Crippen molar-refractivity contribution in [2.75, 3.05) is 13.1 Å². The standard InChI is InChI=1S/C14H17N3OS/c1-3-17(4-2)16-14(18)12-13(19-10-15-12)11-8-6-5-7-9-11/h5-10H,3-4H2,1-2H3,(H,16,18). The molecule has 0 atom stereocenters. The lowest BCUT2D eigenvalue weighted by molar-refractivity contribution is 0.0802. The SMILES string of the molecule is CCN(CC)NC(=O)c1ncsc1-c1ccccc1. The minimum Gasteiger partial charge on any atom is -0.283 e. The van der Waals surface area contributed by atoms with Crippen LogP contribution in [-0.4, -0.2) is 29.0 Å². The lowest BCUT2D eigenvalue weighted by atomic mass is 10.1. The number of benzene rings is 1. The first-order chi connectivity index (χ1) is 9.26. The number of nitrogens with zero attached hydrogens (tertiary/aromatic N) is 2. The van der Waals surface area contributed by atoms with Crippen molar-refractivity contribution >= 4 is 17.2 Å². The van der Waals surface area contributed by atoms with Gasteiger partial charge in [0.05, 0.1) is 10.4 Å². The van der Waals surface area contributed by atoms with Crippen molar-refractivity contribution in [2.45, 2.75) is 13.8 Å². The molecule has 0 fully saturated rings. The van der Waals surface area contributed by atoms with Gasteiger partial charge in [-0.25, -0.2) is 9.99 Å². The van der Waals surface area contributed by atoms with Crippen molar-refractivity contribution in [3.63, 3.8) is 0 Å². The second-order valence-corrected chi connectivity index (χ2v) is 4.86. The fraction of sp³-hybridized carbons (Fsp3) is 0.286. The maximum atomic E-state index is 12.2. The van der Waals surface area contributed by atoms with Crippen LogP contribution >= 0.6 is 11.3 Å². The van der Waals surface area contributed by atoms with Gasteiger partial charge in [-0.2, -0.15) is 0 Å². The van der Waals surface area contributed by atoms with Crippen molar-refractivity contribution in [3.8, 4) is 10.4 Å². The second-order valence-electron chi connectivity index (χ2n) is 4.01. The highest BCUT2D eigenvalue weighted by Crippen LogP contribution is 2.27. The van der Waals surface area contributed by atoms with Gasteiger partial charge >= 0.3 is 0 Å². The van der Waals surface area contributed by atoms with Crippen LogP contribution in [0.5, 0.6) is 0 Å². The van der Waals surface area contributed by atoms with E-state index in [9.17, 15) is 4.79 Å². The summed E-state index contributed by atoms with van der Waals surface area (Å²) in [5.41, 5.74) is 6.09. The number of hydrogen-bond donors (Lipinski definition) is 1. The van der Waals surface area contributed by atoms with Crippen LogP contribution < -0.4 is 5.43 Å². The number of hydrazine groups is 1. The molecule has 0 aliphatic heterocycles. The summed E-state index contributed by atoms with van der Waals surface area (Å²) < 4.78 is 0. The number of amides is 1. The Hall–Kier alpha value is -1.72. The molecule has 0 spiro atoms. The summed E-state index contributed by atoms with van der Waals surface area (Å²) in [7, 11) is 0. The fourth-order valence-corrected chi connectivity index (χ4v) is 2.57. The van der Waals surface area contributed by atoms with E-state index in [4.69, 9.17) is 0 Å². The number of carbonyl (C=O) groups excluding carboxylic acids is 1. The quantitative estimate of drug-likeness (QED) is 0.853. The summed E-state index contributed by atoms with van der Waals surface area (Å²) in [5.74, 6) is -0.149. The molecule has 2 aromatic rings. The molecule has 19 heavy (non-hydrogen) atoms. The van der Waals surface area contributed by atoms with E-state index in [1.165, 1.54) is 11.3 Å². The van der Waals surface area contributed by atoms with Crippen LogP contribution in [0.3, 0.4) is 0 Å². The first-order valence-corrected chi connectivity index (χ1v) is 7.19. The Morgan fingerprint density at radius 1 is 1.26 bits per heavy atom. The number of aromatic nitrogens is 1. The Labute approximate surface area is 117 Å². The van der Waals surface area contributed by atoms with E-state index in [-0.39, 0.29) is 5.91 Å². The normalized spacial score (nSPS) is 10.7. The van der Waals surface area contributed by atoms with Gasteiger partial charge < -0.3 is 0 Å². The Kier molecular flexibility index (Phi) is 4.65. The largest absolute Gasteiger partial charge is 0.285 e. The van der Waals surface area contributed by atoms with Crippen LogP contribution in [0.1, 0.15) is 24.3 Å². The predicted molar refractivity (Wildman–Crippen MR) is 77.9 cm³/mol. The maximum absolute atomic E-state index is 12.2. The number of carbonyl (C=O) groups is 1. The molecule has 0 saturated heterocycles. The topological polar surface area (TPSA) is 45.2 Å². The molecule has 1 aromatic carbocycles. The molecular weight excluding hydrogens is 258 g/mol. The summed E-state index contributed by atoms with van der Waals surface area (Å²) in [6.07, 6.45) is 0. The molecule has 1 aromatic heterocycles. The molecule has 5 heteroatoms. The van der Waals surface area contributed by atoms with Crippen LogP contribution in [0.4, 0.5) is 0 Å². The van der Waals surface area contributed by atoms with Crippen molar-refractivity contribution in [1.29, 1.82) is 0 Å². The molecule has 1 amide bonds. The third-order valence-electron chi connectivity index (χ3n) is 2.84. The molecule has 0 bridgehead atoms. The average Bonchev–Trinajstić information content (AvgIpc) is 2.95. The van der Waals surface area contributed by atoms with E-state index in [0.29, 0.717) is 5.69 Å². The average molecular weight is 275 g/mol. The molecule has 4 nitrogen and oxygen atoms in total. The third-order valence-corrected chi connectivity index (χ3v) is 3.72. The second kappa shape index (κ2) is 6.45. The zero-order valence-corrected chi connectivity index (χ0v) is 11.9. The minimum atomic E-state index is -0.149. The van der Waals surface area contributed by atoms with Gasteiger partial charge in [0.25, 0.3) is 5.91 Å². The summed E-state index contributed by atoms with van der Waals surface area (Å²) >= 11 is 1.48. The number of hydrogen-bond acceptors (Lipinski definition) is 4. The zero-order valence-electron chi connectivity index (χ0n) is 11.1. The van der Waals surface area contributed by atoms with Gasteiger partial charge in [-0.05, 0) is 5.56 Å². The minimum absolute atomic E-state index is 0.149. The van der Waals surface area contributed by atoms with Crippen molar-refractivity contribution in [1.82, 2.24) is 15.4 Å². The van der Waals surface area contributed by atoms with Gasteiger partial charge in [0.15, 0.2) is 0 Å². The predicted octanol–water partition coefficient (Wildman–Crippen LogP) is 2.80. The van der Waals surface area contributed by atoms with Crippen LogP contribution in [0.2, 0.25) is 0 Å². The molecule has 0 saturated carbocycles. The van der Waals surface area contributed by atoms with Gasteiger partial charge in [0.1, 0.15) is 5.69 Å². The van der Waals surface area contributed by atoms with Crippen LogP contribution in [0.25, 0.3) is 10.4 Å². The van der Waals surface area contributed by atoms with E-state index in [1.807, 2.05) is 49.2 Å². The van der Waals surface area contributed by atoms with E-state index < -0.39 is 0 Å². The maximum Gasteiger partial charge on any atom is 0.285 e. The molecule has 2 rings (SSSR count). The highest BCUT2D eigenvalue weighted by atomic mass is 32.1. The smallest absolute Gasteiger partial charge is 0.283 e. The molecule has 100 valence electrons. The number of thiazole rings is 1. The number of rotatable bonds is 5. The molecular formula is C14H17N3OS.